The molecule has 0 aliphatic heterocycles. The fourth-order valence-electron chi connectivity index (χ4n) is 2.84. The molecule has 0 fully saturated rings. The second-order valence-electron chi connectivity index (χ2n) is 6.97. The van der Waals surface area contributed by atoms with Gasteiger partial charge in [0, 0.05) is 17.7 Å². The Kier molecular flexibility index (Phi) is 8.04. The minimum Gasteiger partial charge on any atom is -0.363 e. The van der Waals surface area contributed by atoms with Gasteiger partial charge in [0.25, 0.3) is 5.91 Å². The second-order valence-corrected chi connectivity index (χ2v) is 6.97. The topological polar surface area (TPSA) is 75.4 Å². The lowest BCUT2D eigenvalue weighted by molar-refractivity contribution is -0.117. The highest BCUT2D eigenvalue weighted by Crippen LogP contribution is 2.13. The molecule has 0 aliphatic carbocycles. The maximum Gasteiger partial charge on any atom is 0.254 e. The Labute approximate surface area is 160 Å². The Morgan fingerprint density at radius 1 is 1.11 bits per heavy atom. The van der Waals surface area contributed by atoms with Crippen LogP contribution in [0.3, 0.4) is 0 Å². The Bertz CT molecular complexity index is 709. The molecule has 0 atom stereocenters. The van der Waals surface area contributed by atoms with Gasteiger partial charge in [0.1, 0.15) is 12.8 Å². The number of amides is 2. The van der Waals surface area contributed by atoms with Gasteiger partial charge < -0.3 is 14.7 Å². The molecule has 2 amide bonds. The summed E-state index contributed by atoms with van der Waals surface area (Å²) in [6, 6.07) is 9.17. The third-order valence-electron chi connectivity index (χ3n) is 4.42. The van der Waals surface area contributed by atoms with Crippen molar-refractivity contribution in [3.8, 4) is 0 Å². The monoisotopic (exact) mass is 371 g/mol. The van der Waals surface area contributed by atoms with E-state index >= 15 is 0 Å². The summed E-state index contributed by atoms with van der Waals surface area (Å²) < 4.78 is 4.69. The van der Waals surface area contributed by atoms with Crippen molar-refractivity contribution in [2.45, 2.75) is 58.9 Å². The predicted octanol–water partition coefficient (Wildman–Crippen LogP) is 4.29. The number of carbonyl (C=O) groups is 2. The van der Waals surface area contributed by atoms with Gasteiger partial charge in [-0.15, -0.1) is 0 Å². The molecule has 0 unspecified atom stereocenters. The number of carbonyl (C=O) groups excluding carboxylic acids is 2. The number of benzene rings is 1. The largest absolute Gasteiger partial charge is 0.363 e. The summed E-state index contributed by atoms with van der Waals surface area (Å²) in [4.78, 5) is 26.6. The lowest BCUT2D eigenvalue weighted by Crippen LogP contribution is -2.42. The van der Waals surface area contributed by atoms with E-state index in [0.717, 1.165) is 6.42 Å². The Morgan fingerprint density at radius 2 is 1.85 bits per heavy atom. The van der Waals surface area contributed by atoms with Crippen LogP contribution in [0.1, 0.15) is 62.4 Å². The fraction of sp³-hybridized carbons (Fsp3) is 0.476. The second kappa shape index (κ2) is 10.5. The van der Waals surface area contributed by atoms with Crippen LogP contribution in [0.2, 0.25) is 0 Å². The Balaban J connectivity index is 1.95. The predicted molar refractivity (Wildman–Crippen MR) is 106 cm³/mol. The van der Waals surface area contributed by atoms with Gasteiger partial charge in [-0.25, -0.2) is 0 Å². The average molecular weight is 371 g/mol. The number of unbranched alkanes of at least 4 members (excludes halogenated alkanes) is 3. The number of aryl methyl sites for hydroxylation is 1. The molecule has 0 aliphatic rings. The van der Waals surface area contributed by atoms with E-state index < -0.39 is 0 Å². The molecule has 0 spiro atoms. The van der Waals surface area contributed by atoms with Gasteiger partial charge in [-0.2, -0.15) is 0 Å². The third-order valence-corrected chi connectivity index (χ3v) is 4.42. The van der Waals surface area contributed by atoms with Crippen LogP contribution in [0.25, 0.3) is 0 Å². The molecule has 1 aromatic heterocycles. The van der Waals surface area contributed by atoms with Crippen molar-refractivity contribution in [2.24, 2.45) is 0 Å². The lowest BCUT2D eigenvalue weighted by Gasteiger charge is -2.26. The number of nitrogens with one attached hydrogen (secondary N) is 1. The Hall–Kier alpha value is -2.63. The average Bonchev–Trinajstić information content (AvgIpc) is 3.16. The molecule has 0 saturated carbocycles. The van der Waals surface area contributed by atoms with E-state index in [1.807, 2.05) is 38.1 Å². The summed E-state index contributed by atoms with van der Waals surface area (Å²) in [6.45, 7) is 5.95. The smallest absolute Gasteiger partial charge is 0.254 e. The highest BCUT2D eigenvalue weighted by atomic mass is 16.5. The van der Waals surface area contributed by atoms with Crippen molar-refractivity contribution in [1.82, 2.24) is 10.1 Å². The van der Waals surface area contributed by atoms with Gasteiger partial charge in [-0.05, 0) is 44.4 Å². The van der Waals surface area contributed by atoms with E-state index in [2.05, 4.69) is 17.4 Å². The van der Waals surface area contributed by atoms with Gasteiger partial charge in [-0.3, -0.25) is 9.59 Å². The molecule has 0 radical (unpaired) electrons. The molecule has 1 heterocycles. The summed E-state index contributed by atoms with van der Waals surface area (Å²) >= 11 is 0. The van der Waals surface area contributed by atoms with E-state index in [1.165, 1.54) is 37.5 Å². The first kappa shape index (κ1) is 20.7. The first-order valence-electron chi connectivity index (χ1n) is 9.61. The SMILES string of the molecule is CCCCCCc1ccc(C(=O)N(CC(=O)Nc2ccon2)C(C)C)cc1. The van der Waals surface area contributed by atoms with Gasteiger partial charge in [0.05, 0.1) is 0 Å². The number of hydrogen-bond acceptors (Lipinski definition) is 4. The van der Waals surface area contributed by atoms with Crippen molar-refractivity contribution in [1.29, 1.82) is 0 Å². The van der Waals surface area contributed by atoms with Crippen LogP contribution in [0.15, 0.2) is 41.1 Å². The van der Waals surface area contributed by atoms with Crippen molar-refractivity contribution in [3.63, 3.8) is 0 Å². The van der Waals surface area contributed by atoms with Gasteiger partial charge in [-0.1, -0.05) is 43.5 Å². The van der Waals surface area contributed by atoms with E-state index in [1.54, 1.807) is 11.0 Å². The third kappa shape index (κ3) is 6.55. The zero-order valence-electron chi connectivity index (χ0n) is 16.4. The number of hydrogen-bond donors (Lipinski definition) is 1. The van der Waals surface area contributed by atoms with Gasteiger partial charge in [0.2, 0.25) is 5.91 Å². The number of rotatable bonds is 10. The standard InChI is InChI=1S/C21H29N3O3/c1-4-5-6-7-8-17-9-11-18(12-10-17)21(26)24(16(2)3)15-20(25)22-19-13-14-27-23-19/h9-14,16H,4-8,15H2,1-3H3,(H,22,23,25). The molecule has 27 heavy (non-hydrogen) atoms. The van der Waals surface area contributed by atoms with Crippen LogP contribution in [-0.4, -0.2) is 34.5 Å². The van der Waals surface area contributed by atoms with E-state index in [9.17, 15) is 9.59 Å². The van der Waals surface area contributed by atoms with E-state index in [0.29, 0.717) is 11.4 Å². The van der Waals surface area contributed by atoms with Crippen LogP contribution in [-0.2, 0) is 11.2 Å². The molecule has 6 nitrogen and oxygen atoms in total. The molecule has 1 N–H and O–H groups in total. The maximum absolute atomic E-state index is 12.8. The van der Waals surface area contributed by atoms with Crippen LogP contribution >= 0.6 is 0 Å². The highest BCUT2D eigenvalue weighted by molar-refractivity contribution is 5.99. The summed E-state index contributed by atoms with van der Waals surface area (Å²) in [5.74, 6) is -0.125. The molecular weight excluding hydrogens is 342 g/mol. The van der Waals surface area contributed by atoms with Crippen molar-refractivity contribution < 1.29 is 14.1 Å². The number of anilines is 1. The number of aromatic nitrogens is 1. The first-order valence-corrected chi connectivity index (χ1v) is 9.61. The summed E-state index contributed by atoms with van der Waals surface area (Å²) in [5, 5.41) is 6.27. The number of nitrogens with zero attached hydrogens (tertiary/aromatic N) is 2. The van der Waals surface area contributed by atoms with E-state index in [-0.39, 0.29) is 24.4 Å². The van der Waals surface area contributed by atoms with Crippen molar-refractivity contribution >= 4 is 17.6 Å². The highest BCUT2D eigenvalue weighted by Gasteiger charge is 2.22. The molecule has 2 rings (SSSR count). The maximum atomic E-state index is 12.8. The van der Waals surface area contributed by atoms with Gasteiger partial charge >= 0.3 is 0 Å². The zero-order valence-corrected chi connectivity index (χ0v) is 16.4. The van der Waals surface area contributed by atoms with E-state index in [4.69, 9.17) is 4.52 Å². The fourth-order valence-corrected chi connectivity index (χ4v) is 2.84. The molecule has 2 aromatic rings. The quantitative estimate of drug-likeness (QED) is 0.632. The minimum atomic E-state index is -0.307. The summed E-state index contributed by atoms with van der Waals surface area (Å²) in [7, 11) is 0. The van der Waals surface area contributed by atoms with Crippen LogP contribution in [0.5, 0.6) is 0 Å². The molecule has 0 bridgehead atoms. The molecule has 1 aromatic carbocycles. The Morgan fingerprint density at radius 3 is 2.44 bits per heavy atom. The lowest BCUT2D eigenvalue weighted by atomic mass is 10.0. The van der Waals surface area contributed by atoms with Crippen molar-refractivity contribution in [2.75, 3.05) is 11.9 Å². The van der Waals surface area contributed by atoms with Crippen LogP contribution in [0, 0.1) is 0 Å². The molecule has 0 saturated heterocycles. The zero-order chi connectivity index (χ0) is 19.6. The molecule has 6 heteroatoms. The molecular formula is C21H29N3O3. The summed E-state index contributed by atoms with van der Waals surface area (Å²) in [5.41, 5.74) is 1.83. The van der Waals surface area contributed by atoms with Gasteiger partial charge in [0.15, 0.2) is 5.82 Å². The molecule has 146 valence electrons. The first-order chi connectivity index (χ1) is 13.0. The normalized spacial score (nSPS) is 10.8. The minimum absolute atomic E-state index is 0.0396. The summed E-state index contributed by atoms with van der Waals surface area (Å²) in [6.07, 6.45) is 7.30. The van der Waals surface area contributed by atoms with Crippen molar-refractivity contribution in [3.05, 3.63) is 47.7 Å². The van der Waals surface area contributed by atoms with Crippen LogP contribution < -0.4 is 5.32 Å². The van der Waals surface area contributed by atoms with Crippen LogP contribution in [0.4, 0.5) is 5.82 Å².